The zero-order chi connectivity index (χ0) is 15.6. The smallest absolute Gasteiger partial charge is 0.158 e. The number of imidazole rings is 1. The van der Waals surface area contributed by atoms with Gasteiger partial charge in [-0.2, -0.15) is 5.10 Å². The van der Waals surface area contributed by atoms with Gasteiger partial charge in [-0.3, -0.25) is 4.68 Å². The Kier molecular flexibility index (Phi) is 5.31. The van der Waals surface area contributed by atoms with Gasteiger partial charge in [0.2, 0.25) is 0 Å². The molecule has 4 nitrogen and oxygen atoms in total. The Balaban J connectivity index is 2.32. The molecule has 2 aromatic rings. The van der Waals surface area contributed by atoms with Crippen molar-refractivity contribution in [2.24, 2.45) is 13.0 Å². The van der Waals surface area contributed by atoms with Gasteiger partial charge < -0.3 is 4.57 Å². The second-order valence-corrected chi connectivity index (χ2v) is 6.77. The Hall–Kier alpha value is -1.03. The molecule has 0 saturated heterocycles. The van der Waals surface area contributed by atoms with E-state index < -0.39 is 0 Å². The molecule has 5 heteroatoms. The van der Waals surface area contributed by atoms with Crippen LogP contribution < -0.4 is 0 Å². The number of hydrogen-bond acceptors (Lipinski definition) is 2. The molecule has 118 valence electrons. The van der Waals surface area contributed by atoms with Gasteiger partial charge in [0.25, 0.3) is 0 Å². The molecule has 2 heterocycles. The Morgan fingerprint density at radius 3 is 2.52 bits per heavy atom. The molecule has 1 unspecified atom stereocenters. The zero-order valence-corrected chi connectivity index (χ0v) is 14.6. The van der Waals surface area contributed by atoms with E-state index in [4.69, 9.17) is 16.6 Å². The average Bonchev–Trinajstić information content (AvgIpc) is 2.89. The van der Waals surface area contributed by atoms with Crippen molar-refractivity contribution in [2.45, 2.75) is 59.4 Å². The topological polar surface area (TPSA) is 35.6 Å². The standard InChI is InChI=1S/C16H27ClN4/c1-11(2)7-6-8-12(3)21-14(9-10-17)18-15-13(4)19-20(5)16(15)21/h11-12H,6-10H2,1-5H3. The van der Waals surface area contributed by atoms with Gasteiger partial charge >= 0.3 is 0 Å². The molecular formula is C16H27ClN4. The van der Waals surface area contributed by atoms with E-state index in [-0.39, 0.29) is 0 Å². The Morgan fingerprint density at radius 2 is 1.90 bits per heavy atom. The Morgan fingerprint density at radius 1 is 1.19 bits per heavy atom. The number of rotatable bonds is 7. The van der Waals surface area contributed by atoms with Crippen molar-refractivity contribution < 1.29 is 0 Å². The molecular weight excluding hydrogens is 284 g/mol. The third-order valence-corrected chi connectivity index (χ3v) is 4.26. The number of aromatic nitrogens is 4. The first-order valence-corrected chi connectivity index (χ1v) is 8.45. The van der Waals surface area contributed by atoms with E-state index in [1.807, 2.05) is 18.7 Å². The summed E-state index contributed by atoms with van der Waals surface area (Å²) >= 11 is 5.96. The maximum Gasteiger partial charge on any atom is 0.158 e. The molecule has 21 heavy (non-hydrogen) atoms. The lowest BCUT2D eigenvalue weighted by Gasteiger charge is -2.18. The summed E-state index contributed by atoms with van der Waals surface area (Å²) in [5, 5.41) is 4.50. The lowest BCUT2D eigenvalue weighted by Crippen LogP contribution is -2.13. The number of fused-ring (bicyclic) bond motifs is 1. The molecule has 0 amide bonds. The molecule has 0 aliphatic rings. The fourth-order valence-electron chi connectivity index (χ4n) is 3.02. The Bertz CT molecular complexity index is 597. The fraction of sp³-hybridized carbons (Fsp3) is 0.750. The number of nitrogens with zero attached hydrogens (tertiary/aromatic N) is 4. The molecule has 0 fully saturated rings. The van der Waals surface area contributed by atoms with Crippen molar-refractivity contribution in [3.05, 3.63) is 11.5 Å². The van der Waals surface area contributed by atoms with Crippen LogP contribution >= 0.6 is 11.6 Å². The van der Waals surface area contributed by atoms with E-state index in [0.717, 1.165) is 35.0 Å². The predicted molar refractivity (Wildman–Crippen MR) is 89.1 cm³/mol. The average molecular weight is 311 g/mol. The van der Waals surface area contributed by atoms with E-state index >= 15 is 0 Å². The molecule has 0 aliphatic heterocycles. The predicted octanol–water partition coefficient (Wildman–Crippen LogP) is 4.25. The number of halogens is 1. The summed E-state index contributed by atoms with van der Waals surface area (Å²) in [5.74, 6) is 2.46. The summed E-state index contributed by atoms with van der Waals surface area (Å²) in [4.78, 5) is 4.78. The van der Waals surface area contributed by atoms with Crippen LogP contribution in [-0.4, -0.2) is 25.2 Å². The molecule has 2 rings (SSSR count). The first-order chi connectivity index (χ1) is 9.95. The number of hydrogen-bond donors (Lipinski definition) is 0. The van der Waals surface area contributed by atoms with Gasteiger partial charge in [0, 0.05) is 25.4 Å². The van der Waals surface area contributed by atoms with Crippen LogP contribution in [0.4, 0.5) is 0 Å². The van der Waals surface area contributed by atoms with Gasteiger partial charge in [-0.1, -0.05) is 26.7 Å². The minimum absolute atomic E-state index is 0.432. The first-order valence-electron chi connectivity index (χ1n) is 7.92. The van der Waals surface area contributed by atoms with Crippen LogP contribution in [0.5, 0.6) is 0 Å². The van der Waals surface area contributed by atoms with Crippen LogP contribution in [0.3, 0.4) is 0 Å². The van der Waals surface area contributed by atoms with E-state index in [2.05, 4.69) is 30.4 Å². The maximum atomic E-state index is 5.96. The molecule has 0 saturated carbocycles. The zero-order valence-electron chi connectivity index (χ0n) is 13.9. The number of alkyl halides is 1. The summed E-state index contributed by atoms with van der Waals surface area (Å²) in [6.45, 7) is 8.86. The molecule has 0 aliphatic carbocycles. The van der Waals surface area contributed by atoms with Gasteiger partial charge in [-0.25, -0.2) is 4.98 Å². The van der Waals surface area contributed by atoms with Crippen LogP contribution in [0, 0.1) is 12.8 Å². The van der Waals surface area contributed by atoms with Crippen LogP contribution in [-0.2, 0) is 13.5 Å². The van der Waals surface area contributed by atoms with E-state index in [9.17, 15) is 0 Å². The molecule has 0 N–H and O–H groups in total. The van der Waals surface area contributed by atoms with Crippen LogP contribution in [0.1, 0.15) is 57.6 Å². The summed E-state index contributed by atoms with van der Waals surface area (Å²) in [5.41, 5.74) is 3.15. The van der Waals surface area contributed by atoms with Crippen molar-refractivity contribution >= 4 is 22.8 Å². The fourth-order valence-corrected chi connectivity index (χ4v) is 3.18. The van der Waals surface area contributed by atoms with E-state index in [1.165, 1.54) is 19.3 Å². The molecule has 0 aromatic carbocycles. The third-order valence-electron chi connectivity index (χ3n) is 4.07. The quantitative estimate of drug-likeness (QED) is 0.717. The molecule has 0 spiro atoms. The summed E-state index contributed by atoms with van der Waals surface area (Å²) in [7, 11) is 2.00. The van der Waals surface area contributed by atoms with Crippen molar-refractivity contribution in [3.8, 4) is 0 Å². The van der Waals surface area contributed by atoms with Crippen molar-refractivity contribution in [3.63, 3.8) is 0 Å². The maximum absolute atomic E-state index is 5.96. The normalized spacial score (nSPS) is 13.5. The third kappa shape index (κ3) is 3.42. The van der Waals surface area contributed by atoms with E-state index in [1.54, 1.807) is 0 Å². The van der Waals surface area contributed by atoms with Gasteiger partial charge in [0.1, 0.15) is 11.3 Å². The highest BCUT2D eigenvalue weighted by atomic mass is 35.5. The summed E-state index contributed by atoms with van der Waals surface area (Å²) in [6.07, 6.45) is 4.50. The van der Waals surface area contributed by atoms with Crippen LogP contribution in [0.25, 0.3) is 11.2 Å². The van der Waals surface area contributed by atoms with Gasteiger partial charge in [0.15, 0.2) is 5.65 Å². The first kappa shape index (κ1) is 16.3. The molecule has 2 aromatic heterocycles. The molecule has 0 radical (unpaired) electrons. The van der Waals surface area contributed by atoms with Gasteiger partial charge in [0.05, 0.1) is 5.69 Å². The minimum Gasteiger partial charge on any atom is -0.310 e. The lowest BCUT2D eigenvalue weighted by molar-refractivity contribution is 0.440. The summed E-state index contributed by atoms with van der Waals surface area (Å²) < 4.78 is 4.30. The molecule has 1 atom stereocenters. The lowest BCUT2D eigenvalue weighted by atomic mass is 10.0. The van der Waals surface area contributed by atoms with Crippen molar-refractivity contribution in [1.29, 1.82) is 0 Å². The van der Waals surface area contributed by atoms with Crippen LogP contribution in [0.15, 0.2) is 0 Å². The van der Waals surface area contributed by atoms with Crippen molar-refractivity contribution in [1.82, 2.24) is 19.3 Å². The monoisotopic (exact) mass is 310 g/mol. The van der Waals surface area contributed by atoms with Crippen molar-refractivity contribution in [2.75, 3.05) is 5.88 Å². The van der Waals surface area contributed by atoms with E-state index in [0.29, 0.717) is 11.9 Å². The highest BCUT2D eigenvalue weighted by Gasteiger charge is 2.20. The Labute approximate surface area is 132 Å². The van der Waals surface area contributed by atoms with Gasteiger partial charge in [-0.05, 0) is 26.2 Å². The van der Waals surface area contributed by atoms with Gasteiger partial charge in [-0.15, -0.1) is 11.6 Å². The number of aryl methyl sites for hydroxylation is 3. The second kappa shape index (κ2) is 6.82. The highest BCUT2D eigenvalue weighted by molar-refractivity contribution is 6.17. The largest absolute Gasteiger partial charge is 0.310 e. The van der Waals surface area contributed by atoms with Crippen LogP contribution in [0.2, 0.25) is 0 Å². The second-order valence-electron chi connectivity index (χ2n) is 6.39. The highest BCUT2D eigenvalue weighted by Crippen LogP contribution is 2.27. The summed E-state index contributed by atoms with van der Waals surface area (Å²) in [6, 6.07) is 0.432. The SMILES string of the molecule is Cc1nn(C)c2c1nc(CCCl)n2C(C)CCCC(C)C. The molecule has 0 bridgehead atoms. The minimum atomic E-state index is 0.432.